The van der Waals surface area contributed by atoms with Crippen LogP contribution in [0.3, 0.4) is 0 Å². The number of furan rings is 1. The van der Waals surface area contributed by atoms with E-state index in [-0.39, 0.29) is 5.24 Å². The Balaban J connectivity index is 1.87. The molecule has 3 nitrogen and oxygen atoms in total. The number of carbonyl (C=O) groups excluding carboxylic acids is 1. The van der Waals surface area contributed by atoms with Crippen LogP contribution in [0.15, 0.2) is 51.8 Å². The monoisotopic (exact) mass is 315 g/mol. The van der Waals surface area contributed by atoms with Crippen LogP contribution in [0.4, 0.5) is 4.79 Å². The molecule has 0 spiro atoms. The van der Waals surface area contributed by atoms with Crippen molar-refractivity contribution in [1.29, 1.82) is 0 Å². The summed E-state index contributed by atoms with van der Waals surface area (Å²) in [5.74, 6) is 1.50. The number of nitrogens with zero attached hydrogens (tertiary/aromatic N) is 1. The lowest BCUT2D eigenvalue weighted by Crippen LogP contribution is -2.26. The molecule has 0 unspecified atom stereocenters. The highest BCUT2D eigenvalue weighted by atomic mass is 32.2. The van der Waals surface area contributed by atoms with Gasteiger partial charge in [-0.05, 0) is 36.9 Å². The van der Waals surface area contributed by atoms with Gasteiger partial charge in [0.15, 0.2) is 0 Å². The largest absolute Gasteiger partial charge is 0.457 e. The van der Waals surface area contributed by atoms with Crippen molar-refractivity contribution in [1.82, 2.24) is 4.90 Å². The molecule has 0 atom stereocenters. The zero-order chi connectivity index (χ0) is 14.8. The molecular formula is C16H13NO2S2. The van der Waals surface area contributed by atoms with Gasteiger partial charge in [-0.3, -0.25) is 9.69 Å². The molecule has 1 fully saturated rings. The Kier molecular flexibility index (Phi) is 3.94. The van der Waals surface area contributed by atoms with Crippen molar-refractivity contribution in [2.24, 2.45) is 0 Å². The van der Waals surface area contributed by atoms with Crippen molar-refractivity contribution in [3.8, 4) is 11.3 Å². The number of hydrogen-bond donors (Lipinski definition) is 0. The normalized spacial score (nSPS) is 17.0. The minimum absolute atomic E-state index is 0.0245. The van der Waals surface area contributed by atoms with Crippen molar-refractivity contribution >= 4 is 40.3 Å². The van der Waals surface area contributed by atoms with Crippen LogP contribution < -0.4 is 0 Å². The zero-order valence-corrected chi connectivity index (χ0v) is 13.0. The van der Waals surface area contributed by atoms with Crippen LogP contribution in [0.1, 0.15) is 12.7 Å². The van der Waals surface area contributed by atoms with Gasteiger partial charge in [-0.1, -0.05) is 42.5 Å². The van der Waals surface area contributed by atoms with E-state index in [0.717, 1.165) is 28.0 Å². The molecule has 0 aliphatic carbocycles. The Morgan fingerprint density at radius 2 is 2.00 bits per heavy atom. The van der Waals surface area contributed by atoms with Gasteiger partial charge in [0, 0.05) is 12.1 Å². The fourth-order valence-electron chi connectivity index (χ4n) is 2.09. The van der Waals surface area contributed by atoms with Crippen molar-refractivity contribution in [2.45, 2.75) is 6.92 Å². The minimum atomic E-state index is -0.0245. The smallest absolute Gasteiger partial charge is 0.291 e. The first-order valence-corrected chi connectivity index (χ1v) is 7.82. The molecule has 1 aromatic heterocycles. The lowest BCUT2D eigenvalue weighted by Gasteiger charge is -2.09. The first-order chi connectivity index (χ1) is 10.2. The Hall–Kier alpha value is -1.85. The van der Waals surface area contributed by atoms with Gasteiger partial charge in [0.05, 0.1) is 4.91 Å². The molecule has 5 heteroatoms. The highest BCUT2D eigenvalue weighted by Crippen LogP contribution is 2.33. The second-order valence-corrected chi connectivity index (χ2v) is 5.87. The van der Waals surface area contributed by atoms with E-state index in [0.29, 0.717) is 17.3 Å². The number of rotatable bonds is 3. The summed E-state index contributed by atoms with van der Waals surface area (Å²) in [6.45, 7) is 2.50. The van der Waals surface area contributed by atoms with E-state index in [1.54, 1.807) is 4.90 Å². The number of carbonyl (C=O) groups is 1. The van der Waals surface area contributed by atoms with E-state index in [2.05, 4.69) is 0 Å². The Bertz CT molecular complexity index is 719. The molecule has 3 rings (SSSR count). The average Bonchev–Trinajstić information content (AvgIpc) is 3.06. The molecule has 21 heavy (non-hydrogen) atoms. The molecule has 106 valence electrons. The van der Waals surface area contributed by atoms with Crippen LogP contribution in [0, 0.1) is 0 Å². The van der Waals surface area contributed by atoms with Gasteiger partial charge in [0.1, 0.15) is 16.5 Å². The molecule has 1 aliphatic rings. The second-order valence-electron chi connectivity index (χ2n) is 4.49. The van der Waals surface area contributed by atoms with Crippen LogP contribution in [-0.4, -0.2) is 21.7 Å². The van der Waals surface area contributed by atoms with Crippen LogP contribution in [0.2, 0.25) is 0 Å². The molecular weight excluding hydrogens is 302 g/mol. The predicted molar refractivity (Wildman–Crippen MR) is 90.1 cm³/mol. The Labute approximate surface area is 132 Å². The van der Waals surface area contributed by atoms with Crippen LogP contribution in [0.5, 0.6) is 0 Å². The van der Waals surface area contributed by atoms with Crippen molar-refractivity contribution < 1.29 is 9.21 Å². The molecule has 2 aromatic rings. The van der Waals surface area contributed by atoms with Crippen molar-refractivity contribution in [3.05, 3.63) is 53.1 Å². The Morgan fingerprint density at radius 3 is 2.67 bits per heavy atom. The number of thioether (sulfide) groups is 1. The lowest BCUT2D eigenvalue weighted by molar-refractivity contribution is 0.247. The molecule has 0 bridgehead atoms. The summed E-state index contributed by atoms with van der Waals surface area (Å²) in [6.07, 6.45) is 1.83. The van der Waals surface area contributed by atoms with Gasteiger partial charge < -0.3 is 4.42 Å². The van der Waals surface area contributed by atoms with E-state index >= 15 is 0 Å². The fourth-order valence-corrected chi connectivity index (χ4v) is 3.43. The fraction of sp³-hybridized carbons (Fsp3) is 0.125. The van der Waals surface area contributed by atoms with E-state index < -0.39 is 0 Å². The first kappa shape index (κ1) is 14.1. The molecule has 2 heterocycles. The molecule has 1 saturated heterocycles. The molecule has 0 saturated carbocycles. The van der Waals surface area contributed by atoms with Gasteiger partial charge in [-0.15, -0.1) is 0 Å². The van der Waals surface area contributed by atoms with Gasteiger partial charge >= 0.3 is 0 Å². The molecule has 1 aromatic carbocycles. The van der Waals surface area contributed by atoms with Crippen LogP contribution in [0.25, 0.3) is 17.4 Å². The summed E-state index contributed by atoms with van der Waals surface area (Å²) in [4.78, 5) is 14.7. The highest BCUT2D eigenvalue weighted by molar-refractivity contribution is 8.19. The number of hydrogen-bond acceptors (Lipinski definition) is 4. The first-order valence-electron chi connectivity index (χ1n) is 6.59. The minimum Gasteiger partial charge on any atom is -0.457 e. The summed E-state index contributed by atoms with van der Waals surface area (Å²) in [5.41, 5.74) is 1.02. The predicted octanol–water partition coefficient (Wildman–Crippen LogP) is 4.80. The maximum absolute atomic E-state index is 11.8. The lowest BCUT2D eigenvalue weighted by atomic mass is 10.2. The summed E-state index contributed by atoms with van der Waals surface area (Å²) in [7, 11) is 0. The van der Waals surface area contributed by atoms with Crippen molar-refractivity contribution in [3.63, 3.8) is 0 Å². The average molecular weight is 315 g/mol. The highest BCUT2D eigenvalue weighted by Gasteiger charge is 2.30. The van der Waals surface area contributed by atoms with Crippen LogP contribution in [-0.2, 0) is 0 Å². The Morgan fingerprint density at radius 1 is 1.24 bits per heavy atom. The summed E-state index contributed by atoms with van der Waals surface area (Å²) >= 11 is 6.46. The number of likely N-dealkylation sites (N-methyl/N-ethyl adjacent to an activating group) is 1. The summed E-state index contributed by atoms with van der Waals surface area (Å²) in [6, 6.07) is 13.7. The number of thiocarbonyl (C=S) groups is 1. The SMILES string of the molecule is CCN1C(=O)S/C(=C/c2ccc(-c3ccccc3)o2)C1=S. The van der Waals surface area contributed by atoms with E-state index in [4.69, 9.17) is 16.6 Å². The van der Waals surface area contributed by atoms with E-state index in [1.807, 2.05) is 55.5 Å². The summed E-state index contributed by atoms with van der Waals surface area (Å²) in [5, 5.41) is -0.0245. The van der Waals surface area contributed by atoms with Gasteiger partial charge in [-0.2, -0.15) is 0 Å². The van der Waals surface area contributed by atoms with E-state index in [9.17, 15) is 4.79 Å². The van der Waals surface area contributed by atoms with Gasteiger partial charge in [-0.25, -0.2) is 0 Å². The maximum Gasteiger partial charge on any atom is 0.291 e. The standard InChI is InChI=1S/C16H13NO2S2/c1-2-17-15(20)14(21-16(17)18)10-12-8-9-13(19-12)11-6-4-3-5-7-11/h3-10H,2H2,1H3/b14-10+. The third kappa shape index (κ3) is 2.80. The number of amides is 1. The third-order valence-electron chi connectivity index (χ3n) is 3.15. The van der Waals surface area contributed by atoms with Gasteiger partial charge in [0.25, 0.3) is 5.24 Å². The molecule has 1 amide bonds. The molecule has 0 radical (unpaired) electrons. The molecule has 1 aliphatic heterocycles. The summed E-state index contributed by atoms with van der Waals surface area (Å²) < 4.78 is 5.80. The third-order valence-corrected chi connectivity index (χ3v) is 4.64. The van der Waals surface area contributed by atoms with Gasteiger partial charge in [0.2, 0.25) is 0 Å². The molecule has 0 N–H and O–H groups in total. The number of benzene rings is 1. The topological polar surface area (TPSA) is 33.5 Å². The quantitative estimate of drug-likeness (QED) is 0.601. The zero-order valence-electron chi connectivity index (χ0n) is 11.4. The van der Waals surface area contributed by atoms with Crippen LogP contribution >= 0.6 is 24.0 Å². The van der Waals surface area contributed by atoms with Crippen molar-refractivity contribution in [2.75, 3.05) is 6.54 Å². The maximum atomic E-state index is 11.8. The van der Waals surface area contributed by atoms with E-state index in [1.165, 1.54) is 0 Å². The second kappa shape index (κ2) is 5.87.